The molecule has 2 atom stereocenters. The van der Waals surface area contributed by atoms with E-state index in [-0.39, 0.29) is 29.6 Å². The number of hydrogen-bond acceptors (Lipinski definition) is 7. The van der Waals surface area contributed by atoms with E-state index in [1.807, 2.05) is 17.0 Å². The maximum absolute atomic E-state index is 12.9. The summed E-state index contributed by atoms with van der Waals surface area (Å²) in [7, 11) is 4.72. The molecule has 3 aliphatic rings. The Bertz CT molecular complexity index is 855. The zero-order valence-electron chi connectivity index (χ0n) is 19.0. The van der Waals surface area contributed by atoms with Crippen LogP contribution < -0.4 is 14.2 Å². The predicted molar refractivity (Wildman–Crippen MR) is 116 cm³/mol. The maximum Gasteiger partial charge on any atom is 0.234 e. The molecule has 0 spiro atoms. The minimum atomic E-state index is -0.294. The Balaban J connectivity index is 1.35. The lowest BCUT2D eigenvalue weighted by atomic mass is 10.00. The van der Waals surface area contributed by atoms with Gasteiger partial charge in [-0.3, -0.25) is 24.2 Å². The summed E-state index contributed by atoms with van der Waals surface area (Å²) in [6.07, 6.45) is 2.14. The summed E-state index contributed by atoms with van der Waals surface area (Å²) in [6.45, 7) is 3.46. The van der Waals surface area contributed by atoms with Crippen molar-refractivity contribution in [3.8, 4) is 17.2 Å². The summed E-state index contributed by atoms with van der Waals surface area (Å²) < 4.78 is 16.2. The Morgan fingerprint density at radius 2 is 1.53 bits per heavy atom. The lowest BCUT2D eigenvalue weighted by Crippen LogP contribution is -2.38. The molecular formula is C23H31N3O6. The van der Waals surface area contributed by atoms with Crippen LogP contribution in [0.25, 0.3) is 0 Å². The van der Waals surface area contributed by atoms with Gasteiger partial charge in [0.05, 0.1) is 33.2 Å². The highest BCUT2D eigenvalue weighted by Crippen LogP contribution is 2.40. The Hall–Kier alpha value is -2.81. The van der Waals surface area contributed by atoms with E-state index in [0.717, 1.165) is 18.5 Å². The topological polar surface area (TPSA) is 88.6 Å². The number of imide groups is 1. The molecule has 1 aromatic carbocycles. The van der Waals surface area contributed by atoms with Crippen LogP contribution in [0.5, 0.6) is 17.2 Å². The van der Waals surface area contributed by atoms with E-state index < -0.39 is 0 Å². The first-order valence-electron chi connectivity index (χ1n) is 11.1. The van der Waals surface area contributed by atoms with Crippen molar-refractivity contribution in [2.75, 3.05) is 54.1 Å². The van der Waals surface area contributed by atoms with E-state index >= 15 is 0 Å². The number of carbonyl (C=O) groups excluding carboxylic acids is 3. The molecule has 0 saturated carbocycles. The number of amides is 3. The normalized spacial score (nSPS) is 23.3. The molecule has 0 unspecified atom stereocenters. The average Bonchev–Trinajstić information content (AvgIpc) is 3.45. The molecule has 9 nitrogen and oxygen atoms in total. The van der Waals surface area contributed by atoms with Gasteiger partial charge in [-0.15, -0.1) is 0 Å². The van der Waals surface area contributed by atoms with Gasteiger partial charge in [0.2, 0.25) is 23.5 Å². The fourth-order valence-electron chi connectivity index (χ4n) is 5.09. The Morgan fingerprint density at radius 3 is 2.03 bits per heavy atom. The highest BCUT2D eigenvalue weighted by molar-refractivity contribution is 6.05. The third-order valence-corrected chi connectivity index (χ3v) is 6.67. The van der Waals surface area contributed by atoms with Crippen molar-refractivity contribution in [3.05, 3.63) is 17.7 Å². The minimum absolute atomic E-state index is 0.0832. The minimum Gasteiger partial charge on any atom is -0.493 e. The molecule has 3 fully saturated rings. The first-order chi connectivity index (χ1) is 15.5. The quantitative estimate of drug-likeness (QED) is 0.527. The molecule has 3 aliphatic heterocycles. The van der Waals surface area contributed by atoms with Gasteiger partial charge in [0.1, 0.15) is 0 Å². The third-order valence-electron chi connectivity index (χ3n) is 6.67. The van der Waals surface area contributed by atoms with Crippen LogP contribution in [-0.2, 0) is 20.9 Å². The van der Waals surface area contributed by atoms with Gasteiger partial charge < -0.3 is 19.1 Å². The zero-order valence-corrected chi connectivity index (χ0v) is 19.0. The van der Waals surface area contributed by atoms with Crippen molar-refractivity contribution < 1.29 is 28.6 Å². The van der Waals surface area contributed by atoms with Crippen LogP contribution in [0.15, 0.2) is 12.1 Å². The zero-order chi connectivity index (χ0) is 22.8. The third kappa shape index (κ3) is 4.13. The van der Waals surface area contributed by atoms with E-state index in [4.69, 9.17) is 14.2 Å². The molecule has 0 radical (unpaired) electrons. The molecule has 0 aliphatic carbocycles. The number of benzene rings is 1. The molecule has 0 aromatic heterocycles. The van der Waals surface area contributed by atoms with Crippen molar-refractivity contribution in [3.63, 3.8) is 0 Å². The lowest BCUT2D eigenvalue weighted by Gasteiger charge is -2.22. The largest absolute Gasteiger partial charge is 0.493 e. The number of carbonyl (C=O) groups is 3. The molecule has 3 heterocycles. The van der Waals surface area contributed by atoms with E-state index in [0.29, 0.717) is 62.8 Å². The van der Waals surface area contributed by atoms with Gasteiger partial charge in [-0.25, -0.2) is 0 Å². The monoisotopic (exact) mass is 445 g/mol. The number of rotatable bonds is 9. The molecule has 3 amide bonds. The SMILES string of the molecule is COc1cc(CN2C[C@@H]3C(=O)N(CCCN4CCCC4=O)C(=O)[C@@H]3C2)cc(OC)c1OC. The van der Waals surface area contributed by atoms with Gasteiger partial charge in [-0.05, 0) is 30.5 Å². The molecule has 0 bridgehead atoms. The van der Waals surface area contributed by atoms with Gasteiger partial charge >= 0.3 is 0 Å². The van der Waals surface area contributed by atoms with E-state index in [9.17, 15) is 14.4 Å². The summed E-state index contributed by atoms with van der Waals surface area (Å²) in [5.41, 5.74) is 0.964. The van der Waals surface area contributed by atoms with Crippen molar-refractivity contribution in [1.29, 1.82) is 0 Å². The van der Waals surface area contributed by atoms with E-state index in [2.05, 4.69) is 4.90 Å². The summed E-state index contributed by atoms with van der Waals surface area (Å²) in [6, 6.07) is 3.79. The standard InChI is InChI=1S/C23H31N3O6/c1-30-18-10-15(11-19(31-2)21(18)32-3)12-24-13-16-17(14-24)23(29)26(22(16)28)9-5-8-25-7-4-6-20(25)27/h10-11,16-17H,4-9,12-14H2,1-3H3/t16-,17+. The molecule has 32 heavy (non-hydrogen) atoms. The number of methoxy groups -OCH3 is 3. The molecule has 4 rings (SSSR count). The number of likely N-dealkylation sites (tertiary alicyclic amines) is 3. The van der Waals surface area contributed by atoms with Crippen LogP contribution in [0.4, 0.5) is 0 Å². The molecule has 3 saturated heterocycles. The molecule has 9 heteroatoms. The molecule has 174 valence electrons. The van der Waals surface area contributed by atoms with Gasteiger partial charge in [0.25, 0.3) is 0 Å². The van der Waals surface area contributed by atoms with E-state index in [1.165, 1.54) is 4.90 Å². The van der Waals surface area contributed by atoms with Crippen LogP contribution in [0.2, 0.25) is 0 Å². The first kappa shape index (κ1) is 22.4. The second kappa shape index (κ2) is 9.36. The van der Waals surface area contributed by atoms with Crippen LogP contribution in [0.3, 0.4) is 0 Å². The Morgan fingerprint density at radius 1 is 0.906 bits per heavy atom. The first-order valence-corrected chi connectivity index (χ1v) is 11.1. The summed E-state index contributed by atoms with van der Waals surface area (Å²) in [5.74, 6) is 1.11. The summed E-state index contributed by atoms with van der Waals surface area (Å²) in [5, 5.41) is 0. The predicted octanol–water partition coefficient (Wildman–Crippen LogP) is 1.14. The second-order valence-corrected chi connectivity index (χ2v) is 8.61. The number of fused-ring (bicyclic) bond motifs is 1. The second-order valence-electron chi connectivity index (χ2n) is 8.61. The van der Waals surface area contributed by atoms with E-state index in [1.54, 1.807) is 21.3 Å². The highest BCUT2D eigenvalue weighted by atomic mass is 16.5. The Kier molecular flexibility index (Phi) is 6.55. The van der Waals surface area contributed by atoms with Crippen molar-refractivity contribution in [2.24, 2.45) is 11.8 Å². The molecule has 1 aromatic rings. The van der Waals surface area contributed by atoms with Crippen molar-refractivity contribution in [1.82, 2.24) is 14.7 Å². The van der Waals surface area contributed by atoms with Crippen LogP contribution in [0.1, 0.15) is 24.8 Å². The molecule has 0 N–H and O–H groups in total. The van der Waals surface area contributed by atoms with Crippen LogP contribution in [-0.4, -0.2) is 86.5 Å². The smallest absolute Gasteiger partial charge is 0.234 e. The fourth-order valence-corrected chi connectivity index (χ4v) is 5.09. The van der Waals surface area contributed by atoms with Gasteiger partial charge in [0.15, 0.2) is 11.5 Å². The van der Waals surface area contributed by atoms with Crippen molar-refractivity contribution >= 4 is 17.7 Å². The summed E-state index contributed by atoms with van der Waals surface area (Å²) >= 11 is 0. The van der Waals surface area contributed by atoms with Gasteiger partial charge in [-0.1, -0.05) is 0 Å². The van der Waals surface area contributed by atoms with Gasteiger partial charge in [0, 0.05) is 45.7 Å². The van der Waals surface area contributed by atoms with Crippen molar-refractivity contribution in [2.45, 2.75) is 25.8 Å². The maximum atomic E-state index is 12.9. The average molecular weight is 446 g/mol. The van der Waals surface area contributed by atoms with Crippen LogP contribution >= 0.6 is 0 Å². The summed E-state index contributed by atoms with van der Waals surface area (Å²) in [4.78, 5) is 42.9. The molecular weight excluding hydrogens is 414 g/mol. The number of ether oxygens (including phenoxy) is 3. The highest BCUT2D eigenvalue weighted by Gasteiger charge is 2.51. The fraction of sp³-hybridized carbons (Fsp3) is 0.609. The van der Waals surface area contributed by atoms with Gasteiger partial charge in [-0.2, -0.15) is 0 Å². The number of nitrogens with zero attached hydrogens (tertiary/aromatic N) is 3. The Labute approximate surface area is 188 Å². The lowest BCUT2D eigenvalue weighted by molar-refractivity contribution is -0.140. The van der Waals surface area contributed by atoms with Crippen LogP contribution in [0, 0.1) is 11.8 Å². The number of hydrogen-bond donors (Lipinski definition) is 0.